The minimum atomic E-state index is -0.806. The average Bonchev–Trinajstić information content (AvgIpc) is 3.80. The van der Waals surface area contributed by atoms with Crippen molar-refractivity contribution in [2.75, 3.05) is 45.8 Å². The second-order valence-electron chi connectivity index (χ2n) is 12.5. The lowest BCUT2D eigenvalue weighted by Crippen LogP contribution is -2.39. The van der Waals surface area contributed by atoms with Gasteiger partial charge in [0.2, 0.25) is 0 Å². The van der Waals surface area contributed by atoms with Crippen LogP contribution in [0.3, 0.4) is 0 Å². The van der Waals surface area contributed by atoms with Gasteiger partial charge in [0, 0.05) is 49.3 Å². The van der Waals surface area contributed by atoms with Crippen LogP contribution in [-0.4, -0.2) is 60.5 Å². The van der Waals surface area contributed by atoms with Crippen LogP contribution in [0.4, 0.5) is 19.3 Å². The Kier molecular flexibility index (Phi) is 12.0. The summed E-state index contributed by atoms with van der Waals surface area (Å²) in [5.74, 6) is -1.09. The number of thiophene rings is 1. The van der Waals surface area contributed by atoms with E-state index in [1.165, 1.54) is 27.5 Å². The minimum Gasteiger partial charge on any atom is -0.491 e. The summed E-state index contributed by atoms with van der Waals surface area (Å²) >= 11 is 1.21. The van der Waals surface area contributed by atoms with Gasteiger partial charge in [0.05, 0.1) is 24.2 Å². The molecule has 53 heavy (non-hydrogen) atoms. The molecule has 2 N–H and O–H groups in total. The minimum absolute atomic E-state index is 0.270. The molecule has 0 aliphatic heterocycles. The highest BCUT2D eigenvalue weighted by molar-refractivity contribution is 7.22. The standard InChI is InChI=1S/C40H40F2N5O5S/c1-4-43-39(49)44-28-14-12-27(13-15-28)36-32(24-45(2)21-20-26-8-5-6-9-26)35-37(48)47(29-16-18-30(19-17-29)52-23-22-51-3)40(50)46(38(35)53-36)25-31-33(41)10-7-11-34(31)42/h5-19H,4,20-25H2,1-3H3,(H2,43,44,49). The fourth-order valence-electron chi connectivity index (χ4n) is 6.09. The Bertz CT molecular complexity index is 2260. The third-order valence-electron chi connectivity index (χ3n) is 8.79. The molecule has 2 heterocycles. The van der Waals surface area contributed by atoms with Gasteiger partial charge in [-0.25, -0.2) is 22.9 Å². The number of nitrogens with one attached hydrogen (secondary N) is 2. The number of methoxy groups -OCH3 is 1. The van der Waals surface area contributed by atoms with Crippen LogP contribution in [0, 0.1) is 18.1 Å². The summed E-state index contributed by atoms with van der Waals surface area (Å²) in [6.45, 7) is 3.55. The molecule has 0 saturated heterocycles. The third-order valence-corrected chi connectivity index (χ3v) is 10.1. The lowest BCUT2D eigenvalue weighted by molar-refractivity contribution is 0.146. The number of aromatic nitrogens is 2. The van der Waals surface area contributed by atoms with Gasteiger partial charge < -0.3 is 25.0 Å². The van der Waals surface area contributed by atoms with Gasteiger partial charge >= 0.3 is 11.7 Å². The summed E-state index contributed by atoms with van der Waals surface area (Å²) in [7, 11) is 3.53. The second kappa shape index (κ2) is 17.0. The SMILES string of the molecule is CCNC(=O)Nc1ccc(-c2sc3c(c2CN(C)CCC2=CC=C[CH]2)c(=O)n(-c2ccc(OCCOC)cc2)c(=O)n3Cc2c(F)cccc2F)cc1. The first kappa shape index (κ1) is 37.4. The Labute approximate surface area is 309 Å². The summed E-state index contributed by atoms with van der Waals surface area (Å²) < 4.78 is 43.4. The summed E-state index contributed by atoms with van der Waals surface area (Å²) in [5.41, 5.74) is 1.83. The summed E-state index contributed by atoms with van der Waals surface area (Å²) in [6, 6.07) is 16.9. The van der Waals surface area contributed by atoms with E-state index in [2.05, 4.69) is 28.0 Å². The lowest BCUT2D eigenvalue weighted by atomic mass is 10.1. The molecule has 13 heteroatoms. The van der Waals surface area contributed by atoms with Crippen molar-refractivity contribution < 1.29 is 23.0 Å². The number of ether oxygens (including phenoxy) is 2. The zero-order chi connectivity index (χ0) is 37.5. The molecule has 6 rings (SSSR count). The van der Waals surface area contributed by atoms with Crippen molar-refractivity contribution in [3.05, 3.63) is 141 Å². The van der Waals surface area contributed by atoms with Crippen molar-refractivity contribution in [3.63, 3.8) is 0 Å². The number of hydrogen-bond donors (Lipinski definition) is 2. The van der Waals surface area contributed by atoms with Gasteiger partial charge in [0.15, 0.2) is 0 Å². The third kappa shape index (κ3) is 8.48. The molecule has 0 spiro atoms. The first-order valence-electron chi connectivity index (χ1n) is 17.2. The number of nitrogens with zero attached hydrogens (tertiary/aromatic N) is 3. The van der Waals surface area contributed by atoms with E-state index in [0.29, 0.717) is 54.7 Å². The molecule has 10 nitrogen and oxygen atoms in total. The van der Waals surface area contributed by atoms with E-state index in [1.807, 2.05) is 38.3 Å². The molecule has 1 radical (unpaired) electrons. The van der Waals surface area contributed by atoms with Crippen LogP contribution in [0.2, 0.25) is 0 Å². The van der Waals surface area contributed by atoms with Crippen LogP contribution in [0.15, 0.2) is 100 Å². The Morgan fingerprint density at radius 1 is 0.943 bits per heavy atom. The zero-order valence-corrected chi connectivity index (χ0v) is 30.5. The van der Waals surface area contributed by atoms with Gasteiger partial charge in [-0.15, -0.1) is 11.3 Å². The predicted molar refractivity (Wildman–Crippen MR) is 205 cm³/mol. The molecule has 275 valence electrons. The van der Waals surface area contributed by atoms with Gasteiger partial charge in [0.1, 0.15) is 28.8 Å². The summed E-state index contributed by atoms with van der Waals surface area (Å²) in [6.07, 6.45) is 8.87. The predicted octanol–water partition coefficient (Wildman–Crippen LogP) is 6.90. The fraction of sp³-hybridized carbons (Fsp3) is 0.250. The van der Waals surface area contributed by atoms with E-state index >= 15 is 8.78 Å². The number of hydrogen-bond acceptors (Lipinski definition) is 7. The first-order valence-corrected chi connectivity index (χ1v) is 18.0. The molecule has 0 fully saturated rings. The van der Waals surface area contributed by atoms with Crippen LogP contribution in [-0.2, 0) is 17.8 Å². The van der Waals surface area contributed by atoms with E-state index < -0.39 is 29.4 Å². The Balaban J connectivity index is 1.53. The monoisotopic (exact) mass is 740 g/mol. The van der Waals surface area contributed by atoms with Crippen molar-refractivity contribution in [1.29, 1.82) is 0 Å². The van der Waals surface area contributed by atoms with Crippen molar-refractivity contribution >= 4 is 33.3 Å². The summed E-state index contributed by atoms with van der Waals surface area (Å²) in [4.78, 5) is 44.4. The summed E-state index contributed by atoms with van der Waals surface area (Å²) in [5, 5.41) is 5.76. The number of urea groups is 1. The second-order valence-corrected chi connectivity index (χ2v) is 13.5. The number of amides is 2. The number of halogens is 2. The smallest absolute Gasteiger partial charge is 0.337 e. The number of allylic oxidation sites excluding steroid dienone is 3. The first-order chi connectivity index (χ1) is 25.7. The zero-order valence-electron chi connectivity index (χ0n) is 29.7. The molecule has 3 aromatic carbocycles. The topological polar surface area (TPSA) is 107 Å². The fourth-order valence-corrected chi connectivity index (χ4v) is 7.39. The lowest BCUT2D eigenvalue weighted by Gasteiger charge is -2.18. The normalized spacial score (nSPS) is 12.5. The number of rotatable bonds is 15. The average molecular weight is 741 g/mol. The largest absolute Gasteiger partial charge is 0.491 e. The molecule has 2 aromatic heterocycles. The highest BCUT2D eigenvalue weighted by atomic mass is 32.1. The maximum atomic E-state index is 15.2. The van der Waals surface area contributed by atoms with Crippen LogP contribution in [0.5, 0.6) is 5.75 Å². The number of fused-ring (bicyclic) bond motifs is 1. The molecule has 0 atom stereocenters. The Morgan fingerprint density at radius 2 is 1.68 bits per heavy atom. The van der Waals surface area contributed by atoms with Crippen molar-refractivity contribution in [2.24, 2.45) is 0 Å². The van der Waals surface area contributed by atoms with E-state index in [0.717, 1.165) is 28.7 Å². The molecular weight excluding hydrogens is 701 g/mol. The van der Waals surface area contributed by atoms with Gasteiger partial charge in [0.25, 0.3) is 5.56 Å². The highest BCUT2D eigenvalue weighted by Gasteiger charge is 2.26. The number of benzene rings is 3. The molecular formula is C40H40F2N5O5S. The molecule has 1 aliphatic rings. The van der Waals surface area contributed by atoms with Gasteiger partial charge in [-0.1, -0.05) is 42.0 Å². The van der Waals surface area contributed by atoms with Crippen molar-refractivity contribution in [1.82, 2.24) is 19.4 Å². The molecule has 0 unspecified atom stereocenters. The highest BCUT2D eigenvalue weighted by Crippen LogP contribution is 2.39. The van der Waals surface area contributed by atoms with Crippen LogP contribution < -0.4 is 26.6 Å². The van der Waals surface area contributed by atoms with Gasteiger partial charge in [-0.2, -0.15) is 0 Å². The van der Waals surface area contributed by atoms with Crippen LogP contribution in [0.25, 0.3) is 26.3 Å². The molecule has 0 saturated carbocycles. The molecule has 0 bridgehead atoms. The number of carbonyl (C=O) groups excluding carboxylic acids is 1. The van der Waals surface area contributed by atoms with Crippen molar-refractivity contribution in [2.45, 2.75) is 26.4 Å². The maximum absolute atomic E-state index is 15.2. The van der Waals surface area contributed by atoms with E-state index in [9.17, 15) is 14.4 Å². The molecule has 5 aromatic rings. The van der Waals surface area contributed by atoms with E-state index in [1.54, 1.807) is 43.5 Å². The number of anilines is 1. The number of carbonyl (C=O) groups is 1. The van der Waals surface area contributed by atoms with Gasteiger partial charge in [-0.05, 0) is 80.1 Å². The molecule has 1 aliphatic carbocycles. The molecule has 2 amide bonds. The Morgan fingerprint density at radius 3 is 2.34 bits per heavy atom. The maximum Gasteiger partial charge on any atom is 0.337 e. The van der Waals surface area contributed by atoms with Crippen molar-refractivity contribution in [3.8, 4) is 21.9 Å². The quantitative estimate of drug-likeness (QED) is 0.113. The Hall–Kier alpha value is -5.37. The van der Waals surface area contributed by atoms with Crippen LogP contribution >= 0.6 is 11.3 Å². The van der Waals surface area contributed by atoms with Crippen LogP contribution in [0.1, 0.15) is 24.5 Å². The van der Waals surface area contributed by atoms with E-state index in [-0.39, 0.29) is 27.5 Å². The van der Waals surface area contributed by atoms with Gasteiger partial charge in [-0.3, -0.25) is 9.36 Å². The van der Waals surface area contributed by atoms with E-state index in [4.69, 9.17) is 9.47 Å².